The maximum absolute atomic E-state index is 6.31. The Labute approximate surface area is 147 Å². The van der Waals surface area contributed by atoms with Crippen LogP contribution in [0.2, 0.25) is 10.3 Å². The summed E-state index contributed by atoms with van der Waals surface area (Å²) in [6, 6.07) is 7.28. The van der Waals surface area contributed by atoms with Crippen LogP contribution < -0.4 is 10.5 Å². The van der Waals surface area contributed by atoms with Gasteiger partial charge in [-0.15, -0.1) is 0 Å². The van der Waals surface area contributed by atoms with E-state index in [1.165, 1.54) is 0 Å². The molecule has 1 aromatic carbocycles. The predicted molar refractivity (Wildman–Crippen MR) is 95.0 cm³/mol. The van der Waals surface area contributed by atoms with Gasteiger partial charge in [0.1, 0.15) is 12.4 Å². The van der Waals surface area contributed by atoms with E-state index in [-0.39, 0.29) is 5.28 Å². The molecule has 0 bridgehead atoms. The highest BCUT2D eigenvalue weighted by Crippen LogP contribution is 2.30. The van der Waals surface area contributed by atoms with Crippen molar-refractivity contribution in [2.45, 2.75) is 32.7 Å². The lowest BCUT2D eigenvalue weighted by atomic mass is 9.93. The summed E-state index contributed by atoms with van der Waals surface area (Å²) in [4.78, 5) is 8.04. The summed E-state index contributed by atoms with van der Waals surface area (Å²) in [5, 5.41) is 0.712. The molecule has 1 heterocycles. The van der Waals surface area contributed by atoms with Gasteiger partial charge in [-0.25, -0.2) is 9.97 Å². The number of nitrogens with two attached hydrogens (primary N) is 1. The fourth-order valence-corrected chi connectivity index (χ4v) is 2.89. The summed E-state index contributed by atoms with van der Waals surface area (Å²) >= 11 is 12.1. The molecule has 0 unspecified atom stereocenters. The summed E-state index contributed by atoms with van der Waals surface area (Å²) in [5.41, 5.74) is 7.42. The second kappa shape index (κ2) is 7.47. The second-order valence-electron chi connectivity index (χ2n) is 6.40. The minimum absolute atomic E-state index is 0.200. The molecule has 0 fully saturated rings. The molecule has 2 rings (SSSR count). The standard InChI is InChI=1S/C17H21Cl2N3O/c1-11(2)9-17(3,20)10-23-15-5-4-12(8-13(15)18)14-6-7-21-16(19)22-14/h4-8,11H,9-10,20H2,1-3H3/t17-/m0/s1. The molecule has 0 saturated heterocycles. The first-order valence-electron chi connectivity index (χ1n) is 7.47. The number of benzene rings is 1. The Kier molecular flexibility index (Phi) is 5.84. The molecular formula is C17H21Cl2N3O. The third-order valence-corrected chi connectivity index (χ3v) is 3.76. The summed E-state index contributed by atoms with van der Waals surface area (Å²) < 4.78 is 5.80. The van der Waals surface area contributed by atoms with Gasteiger partial charge in [0.15, 0.2) is 0 Å². The van der Waals surface area contributed by atoms with Crippen molar-refractivity contribution in [1.29, 1.82) is 0 Å². The third-order valence-electron chi connectivity index (χ3n) is 3.29. The van der Waals surface area contributed by atoms with E-state index in [0.717, 1.165) is 12.0 Å². The Bertz CT molecular complexity index is 675. The first-order valence-corrected chi connectivity index (χ1v) is 8.22. The molecule has 1 atom stereocenters. The maximum Gasteiger partial charge on any atom is 0.222 e. The highest BCUT2D eigenvalue weighted by Gasteiger charge is 2.21. The van der Waals surface area contributed by atoms with Gasteiger partial charge >= 0.3 is 0 Å². The molecule has 0 saturated carbocycles. The Morgan fingerprint density at radius 3 is 2.61 bits per heavy atom. The van der Waals surface area contributed by atoms with Crippen LogP contribution in [0.15, 0.2) is 30.5 Å². The minimum atomic E-state index is -0.393. The summed E-state index contributed by atoms with van der Waals surface area (Å²) in [6.45, 7) is 6.67. The van der Waals surface area contributed by atoms with Crippen LogP contribution in [-0.2, 0) is 0 Å². The van der Waals surface area contributed by atoms with Crippen molar-refractivity contribution in [2.24, 2.45) is 11.7 Å². The van der Waals surface area contributed by atoms with Gasteiger partial charge in [0.25, 0.3) is 0 Å². The van der Waals surface area contributed by atoms with E-state index in [4.69, 9.17) is 33.7 Å². The zero-order chi connectivity index (χ0) is 17.0. The molecular weight excluding hydrogens is 333 g/mol. The van der Waals surface area contributed by atoms with Gasteiger partial charge in [-0.05, 0) is 55.1 Å². The molecule has 124 valence electrons. The highest BCUT2D eigenvalue weighted by molar-refractivity contribution is 6.32. The number of aromatic nitrogens is 2. The van der Waals surface area contributed by atoms with Gasteiger partial charge in [0.2, 0.25) is 5.28 Å². The molecule has 0 aliphatic carbocycles. The Morgan fingerprint density at radius 1 is 1.26 bits per heavy atom. The topological polar surface area (TPSA) is 61.0 Å². The van der Waals surface area contributed by atoms with Crippen molar-refractivity contribution in [1.82, 2.24) is 9.97 Å². The summed E-state index contributed by atoms with van der Waals surface area (Å²) in [7, 11) is 0. The first kappa shape index (κ1) is 18.0. The van der Waals surface area contributed by atoms with Crippen LogP contribution in [0, 0.1) is 5.92 Å². The fourth-order valence-electron chi connectivity index (χ4n) is 2.51. The number of halogens is 2. The van der Waals surface area contributed by atoms with Crippen molar-refractivity contribution in [3.05, 3.63) is 40.8 Å². The fraction of sp³-hybridized carbons (Fsp3) is 0.412. The van der Waals surface area contributed by atoms with Crippen LogP contribution in [0.25, 0.3) is 11.3 Å². The van der Waals surface area contributed by atoms with Gasteiger partial charge in [0, 0.05) is 17.3 Å². The molecule has 0 radical (unpaired) electrons. The van der Waals surface area contributed by atoms with Gasteiger partial charge < -0.3 is 10.5 Å². The molecule has 2 N–H and O–H groups in total. The average molecular weight is 354 g/mol. The van der Waals surface area contributed by atoms with Crippen molar-refractivity contribution in [2.75, 3.05) is 6.61 Å². The van der Waals surface area contributed by atoms with E-state index >= 15 is 0 Å². The minimum Gasteiger partial charge on any atom is -0.490 e. The highest BCUT2D eigenvalue weighted by atomic mass is 35.5. The number of nitrogens with zero attached hydrogens (tertiary/aromatic N) is 2. The summed E-state index contributed by atoms with van der Waals surface area (Å²) in [5.74, 6) is 1.12. The zero-order valence-corrected chi connectivity index (χ0v) is 15.0. The van der Waals surface area contributed by atoms with E-state index in [1.807, 2.05) is 19.1 Å². The van der Waals surface area contributed by atoms with Gasteiger partial charge in [-0.1, -0.05) is 25.4 Å². The molecule has 0 aliphatic rings. The van der Waals surface area contributed by atoms with Crippen molar-refractivity contribution in [3.8, 4) is 17.0 Å². The predicted octanol–water partition coefficient (Wildman–Crippen LogP) is 4.59. The number of hydrogen-bond donors (Lipinski definition) is 1. The lowest BCUT2D eigenvalue weighted by Crippen LogP contribution is -2.43. The quantitative estimate of drug-likeness (QED) is 0.771. The van der Waals surface area contributed by atoms with E-state index in [0.29, 0.717) is 29.0 Å². The molecule has 6 heteroatoms. The molecule has 4 nitrogen and oxygen atoms in total. The largest absolute Gasteiger partial charge is 0.490 e. The van der Waals surface area contributed by atoms with Crippen LogP contribution in [0.1, 0.15) is 27.2 Å². The monoisotopic (exact) mass is 353 g/mol. The smallest absolute Gasteiger partial charge is 0.222 e. The molecule has 1 aromatic heterocycles. The van der Waals surface area contributed by atoms with Gasteiger partial charge in [-0.2, -0.15) is 0 Å². The Morgan fingerprint density at radius 2 is 2.00 bits per heavy atom. The van der Waals surface area contributed by atoms with Crippen LogP contribution >= 0.6 is 23.2 Å². The average Bonchev–Trinajstić information content (AvgIpc) is 2.44. The SMILES string of the molecule is CC(C)C[C@](C)(N)COc1ccc(-c2ccnc(Cl)n2)cc1Cl. The Hall–Kier alpha value is -1.36. The maximum atomic E-state index is 6.31. The second-order valence-corrected chi connectivity index (χ2v) is 7.14. The van der Waals surface area contributed by atoms with Crippen molar-refractivity contribution < 1.29 is 4.74 Å². The van der Waals surface area contributed by atoms with Gasteiger partial charge in [-0.3, -0.25) is 0 Å². The Balaban J connectivity index is 2.11. The normalized spacial score (nSPS) is 13.9. The van der Waals surface area contributed by atoms with Crippen LogP contribution in [0.5, 0.6) is 5.75 Å². The molecule has 23 heavy (non-hydrogen) atoms. The summed E-state index contributed by atoms with van der Waals surface area (Å²) in [6.07, 6.45) is 2.48. The van der Waals surface area contributed by atoms with Crippen LogP contribution in [0.3, 0.4) is 0 Å². The van der Waals surface area contributed by atoms with E-state index in [9.17, 15) is 0 Å². The van der Waals surface area contributed by atoms with Crippen molar-refractivity contribution in [3.63, 3.8) is 0 Å². The lowest BCUT2D eigenvalue weighted by molar-refractivity contribution is 0.207. The number of ether oxygens (including phenoxy) is 1. The van der Waals surface area contributed by atoms with E-state index in [2.05, 4.69) is 23.8 Å². The zero-order valence-electron chi connectivity index (χ0n) is 13.5. The number of rotatable bonds is 6. The number of hydrogen-bond acceptors (Lipinski definition) is 4. The van der Waals surface area contributed by atoms with Gasteiger partial charge in [0.05, 0.1) is 10.7 Å². The lowest BCUT2D eigenvalue weighted by Gasteiger charge is -2.26. The molecule has 2 aromatic rings. The van der Waals surface area contributed by atoms with Crippen LogP contribution in [0.4, 0.5) is 0 Å². The molecule has 0 aliphatic heterocycles. The van der Waals surface area contributed by atoms with E-state index < -0.39 is 5.54 Å². The first-order chi connectivity index (χ1) is 10.8. The van der Waals surface area contributed by atoms with Crippen molar-refractivity contribution >= 4 is 23.2 Å². The van der Waals surface area contributed by atoms with Crippen LogP contribution in [-0.4, -0.2) is 22.1 Å². The molecule has 0 spiro atoms. The molecule has 0 amide bonds. The third kappa shape index (κ3) is 5.34. The van der Waals surface area contributed by atoms with E-state index in [1.54, 1.807) is 18.3 Å².